The molecule has 2 saturated carbocycles. The molecule has 7 unspecified atom stereocenters. The summed E-state index contributed by atoms with van der Waals surface area (Å²) in [6.45, 7) is 3.84. The summed E-state index contributed by atoms with van der Waals surface area (Å²) in [5.41, 5.74) is 0. The van der Waals surface area contributed by atoms with E-state index in [-0.39, 0.29) is 23.8 Å². The van der Waals surface area contributed by atoms with E-state index >= 15 is 4.39 Å². The quantitative estimate of drug-likeness (QED) is 0.489. The van der Waals surface area contributed by atoms with Crippen LogP contribution in [-0.2, 0) is 15.0 Å². The van der Waals surface area contributed by atoms with Gasteiger partial charge in [0.2, 0.25) is 5.91 Å². The van der Waals surface area contributed by atoms with Gasteiger partial charge in [-0.2, -0.15) is 12.7 Å². The summed E-state index contributed by atoms with van der Waals surface area (Å²) in [5.74, 6) is -0.968. The predicted octanol–water partition coefficient (Wildman–Crippen LogP) is -0.474. The van der Waals surface area contributed by atoms with Gasteiger partial charge in [0.25, 0.3) is 0 Å². The van der Waals surface area contributed by atoms with Crippen LogP contribution in [0.15, 0.2) is 0 Å². The Balaban J connectivity index is 1.69. The third-order valence-electron chi connectivity index (χ3n) is 6.29. The number of hydrogen-bond acceptors (Lipinski definition) is 6. The Hall–Kier alpha value is -0.810. The summed E-state index contributed by atoms with van der Waals surface area (Å²) >= 11 is 0. The lowest BCUT2D eigenvalue weighted by Crippen LogP contribution is -2.59. The number of aliphatic hydroxyl groups is 2. The highest BCUT2D eigenvalue weighted by Gasteiger charge is 2.53. The summed E-state index contributed by atoms with van der Waals surface area (Å²) in [5, 5.41) is 23.7. The van der Waals surface area contributed by atoms with Crippen LogP contribution in [0.5, 0.6) is 0 Å². The molecule has 3 rings (SSSR count). The van der Waals surface area contributed by atoms with Crippen LogP contribution < -0.4 is 10.0 Å². The van der Waals surface area contributed by atoms with E-state index in [9.17, 15) is 23.4 Å². The zero-order valence-corrected chi connectivity index (χ0v) is 16.5. The summed E-state index contributed by atoms with van der Waals surface area (Å²) in [7, 11) is -4.10. The van der Waals surface area contributed by atoms with Gasteiger partial charge in [0.15, 0.2) is 0 Å². The van der Waals surface area contributed by atoms with Crippen LogP contribution in [0.2, 0.25) is 0 Å². The first-order valence-corrected chi connectivity index (χ1v) is 11.1. The molecule has 1 saturated heterocycles. The number of rotatable bonds is 5. The average Bonchev–Trinajstić information content (AvgIpc) is 2.85. The zero-order valence-electron chi connectivity index (χ0n) is 15.7. The molecule has 0 aromatic heterocycles. The predicted molar refractivity (Wildman–Crippen MR) is 96.5 cm³/mol. The van der Waals surface area contributed by atoms with Crippen LogP contribution in [0.1, 0.15) is 39.5 Å². The second kappa shape index (κ2) is 7.90. The van der Waals surface area contributed by atoms with Crippen molar-refractivity contribution in [1.29, 1.82) is 0 Å². The Morgan fingerprint density at radius 1 is 1.33 bits per heavy atom. The lowest BCUT2D eigenvalue weighted by atomic mass is 9.66. The molecule has 3 aliphatic rings. The first-order chi connectivity index (χ1) is 12.6. The fourth-order valence-electron chi connectivity index (χ4n) is 4.65. The zero-order chi connectivity index (χ0) is 19.9. The van der Waals surface area contributed by atoms with Gasteiger partial charge in [-0.25, -0.2) is 9.11 Å². The maximum Gasteiger partial charge on any atom is 0.304 e. The molecule has 27 heavy (non-hydrogen) atoms. The van der Waals surface area contributed by atoms with Gasteiger partial charge in [-0.1, -0.05) is 13.8 Å². The van der Waals surface area contributed by atoms with Crippen molar-refractivity contribution in [3.8, 4) is 0 Å². The summed E-state index contributed by atoms with van der Waals surface area (Å²) in [6, 6.07) is -1.20. The number of fused-ring (bicyclic) bond motifs is 1. The van der Waals surface area contributed by atoms with Crippen molar-refractivity contribution in [2.24, 2.45) is 17.8 Å². The van der Waals surface area contributed by atoms with Gasteiger partial charge >= 0.3 is 10.2 Å². The fourth-order valence-corrected chi connectivity index (χ4v) is 5.99. The number of nitrogens with one attached hydrogen (secondary N) is 2. The molecule has 7 atom stereocenters. The fraction of sp³-hybridized carbons (Fsp3) is 0.941. The molecule has 0 spiro atoms. The van der Waals surface area contributed by atoms with Gasteiger partial charge in [-0.3, -0.25) is 4.79 Å². The van der Waals surface area contributed by atoms with Crippen LogP contribution in [-0.4, -0.2) is 72.4 Å². The van der Waals surface area contributed by atoms with E-state index in [1.165, 1.54) is 0 Å². The maximum absolute atomic E-state index is 15.4. The van der Waals surface area contributed by atoms with E-state index in [1.54, 1.807) is 0 Å². The summed E-state index contributed by atoms with van der Waals surface area (Å²) in [6.07, 6.45) is -0.716. The molecule has 2 aliphatic carbocycles. The van der Waals surface area contributed by atoms with Crippen LogP contribution >= 0.6 is 0 Å². The minimum absolute atomic E-state index is 0.00621. The van der Waals surface area contributed by atoms with Crippen LogP contribution in [0.4, 0.5) is 4.39 Å². The van der Waals surface area contributed by atoms with Gasteiger partial charge < -0.3 is 15.5 Å². The standard InChI is InChI=1S/C17H30FN3O5S/c1-9(2)14(23)7-19-11-4-3-10-5-13(22)17(16(18)12(10)6-11)21-8-15(24)20-27(21,25)26/h9-14,16-17,19,22-23H,3-8H2,1-2H3,(H,20,24). The first kappa shape index (κ1) is 20.9. The minimum Gasteiger partial charge on any atom is -0.392 e. The number of aliphatic hydroxyl groups excluding tert-OH is 2. The van der Waals surface area contributed by atoms with Crippen LogP contribution in [0.3, 0.4) is 0 Å². The molecule has 1 aliphatic heterocycles. The first-order valence-electron chi connectivity index (χ1n) is 9.66. The highest BCUT2D eigenvalue weighted by atomic mass is 32.2. The molecule has 156 valence electrons. The second-order valence-electron chi connectivity index (χ2n) is 8.47. The summed E-state index contributed by atoms with van der Waals surface area (Å²) < 4.78 is 42.2. The van der Waals surface area contributed by atoms with Gasteiger partial charge in [-0.05, 0) is 43.4 Å². The smallest absolute Gasteiger partial charge is 0.304 e. The monoisotopic (exact) mass is 407 g/mol. The van der Waals surface area contributed by atoms with Crippen molar-refractivity contribution in [2.45, 2.75) is 70.0 Å². The minimum atomic E-state index is -4.10. The van der Waals surface area contributed by atoms with E-state index in [4.69, 9.17) is 0 Å². The van der Waals surface area contributed by atoms with Gasteiger partial charge in [-0.15, -0.1) is 0 Å². The molecule has 0 aromatic carbocycles. The summed E-state index contributed by atoms with van der Waals surface area (Å²) in [4.78, 5) is 11.5. The van der Waals surface area contributed by atoms with Gasteiger partial charge in [0.05, 0.1) is 24.8 Å². The van der Waals surface area contributed by atoms with Crippen molar-refractivity contribution in [3.05, 3.63) is 0 Å². The number of carbonyl (C=O) groups excluding carboxylic acids is 1. The Morgan fingerprint density at radius 3 is 2.63 bits per heavy atom. The van der Waals surface area contributed by atoms with Crippen LogP contribution in [0, 0.1) is 17.8 Å². The van der Waals surface area contributed by atoms with E-state index in [2.05, 4.69) is 5.32 Å². The van der Waals surface area contributed by atoms with E-state index in [0.29, 0.717) is 19.4 Å². The molecule has 8 nitrogen and oxygen atoms in total. The van der Waals surface area contributed by atoms with Crippen molar-refractivity contribution in [1.82, 2.24) is 14.3 Å². The van der Waals surface area contributed by atoms with Crippen molar-refractivity contribution >= 4 is 16.1 Å². The third-order valence-corrected chi connectivity index (χ3v) is 7.77. The highest BCUT2D eigenvalue weighted by Crippen LogP contribution is 2.44. The molecule has 4 N–H and O–H groups in total. The molecule has 3 fully saturated rings. The molecular weight excluding hydrogens is 377 g/mol. The molecule has 1 amide bonds. The van der Waals surface area contributed by atoms with Gasteiger partial charge in [0, 0.05) is 12.6 Å². The van der Waals surface area contributed by atoms with Crippen LogP contribution in [0.25, 0.3) is 0 Å². The number of hydrogen-bond donors (Lipinski definition) is 4. The van der Waals surface area contributed by atoms with Crippen molar-refractivity contribution < 1.29 is 27.8 Å². The Morgan fingerprint density at radius 2 is 2.04 bits per heavy atom. The third kappa shape index (κ3) is 4.29. The molecular formula is C17H30FN3O5S. The Labute approximate surface area is 159 Å². The Bertz CT molecular complexity index is 661. The molecule has 0 radical (unpaired) electrons. The normalized spacial score (nSPS) is 40.6. The molecule has 10 heteroatoms. The van der Waals surface area contributed by atoms with Crippen molar-refractivity contribution in [3.63, 3.8) is 0 Å². The lowest BCUT2D eigenvalue weighted by Gasteiger charge is -2.48. The number of carbonyl (C=O) groups is 1. The average molecular weight is 408 g/mol. The number of alkyl halides is 1. The molecule has 1 heterocycles. The van der Waals surface area contributed by atoms with Crippen molar-refractivity contribution in [2.75, 3.05) is 13.1 Å². The molecule has 0 bridgehead atoms. The second-order valence-corrected chi connectivity index (χ2v) is 10.1. The van der Waals surface area contributed by atoms with E-state index in [0.717, 1.165) is 17.1 Å². The number of amides is 1. The lowest BCUT2D eigenvalue weighted by molar-refractivity contribution is -0.119. The highest BCUT2D eigenvalue weighted by molar-refractivity contribution is 7.88. The molecule has 0 aromatic rings. The SMILES string of the molecule is CC(C)C(O)CNC1CCC2CC(O)C(N3CC(=O)NS3(=O)=O)C(F)C2C1. The topological polar surface area (TPSA) is 119 Å². The number of nitrogens with zero attached hydrogens (tertiary/aromatic N) is 1. The largest absolute Gasteiger partial charge is 0.392 e. The maximum atomic E-state index is 15.4. The van der Waals surface area contributed by atoms with Gasteiger partial charge in [0.1, 0.15) is 6.17 Å². The van der Waals surface area contributed by atoms with E-state index in [1.807, 2.05) is 18.6 Å². The number of halogens is 1. The van der Waals surface area contributed by atoms with E-state index < -0.39 is 47.1 Å². The Kier molecular flexibility index (Phi) is 6.12.